The van der Waals surface area contributed by atoms with Gasteiger partial charge in [-0.3, -0.25) is 4.98 Å². The number of aliphatic hydroxyl groups is 4. The summed E-state index contributed by atoms with van der Waals surface area (Å²) in [7, 11) is -17.0. The van der Waals surface area contributed by atoms with Crippen molar-refractivity contribution >= 4 is 122 Å². The summed E-state index contributed by atoms with van der Waals surface area (Å²) < 4.78 is 125. The Hall–Kier alpha value is -8.35. The number of hydrogen-bond acceptors (Lipinski definition) is 21. The summed E-state index contributed by atoms with van der Waals surface area (Å²) in [5, 5.41) is 49.9. The molecule has 1 saturated carbocycles. The van der Waals surface area contributed by atoms with Crippen LogP contribution in [0.25, 0.3) is 0 Å². The lowest BCUT2D eigenvalue weighted by Crippen LogP contribution is -2.35. The van der Waals surface area contributed by atoms with Gasteiger partial charge >= 0.3 is 24.1 Å². The lowest BCUT2D eigenvalue weighted by atomic mass is 9.93. The van der Waals surface area contributed by atoms with Crippen LogP contribution in [0, 0.1) is 6.92 Å². The van der Waals surface area contributed by atoms with Crippen molar-refractivity contribution in [1.29, 1.82) is 0 Å². The fraction of sp³-hybridized carbons (Fsp3) is 0.482. The lowest BCUT2D eigenvalue weighted by Gasteiger charge is -2.20. The number of pyridine rings is 1. The SMILES string of the molecule is CC(C)c1cccc(C(C)C)c1NC(=O)NS(=O)(=O)c1cc(C(C)(C)O)c(C2CC2)o1.CC(C)c1cccc(C(C)C)c1NC(=O)NS(=O)(=O)c1cc(C(C)(C)O)c(Cl)o1.CC(C)c1cccc(C(C)C)c1NC(=O)NS(=O)(=O)c1cc(C(C)(C)O)c(Cl)s1.Cc1oc(S(=O)(=O)NC(=O)Nc2c(C(C)C)cncc2C(C)C)cc1C(C)(C)O. The van der Waals surface area contributed by atoms with E-state index in [1.165, 1.54) is 59.7 Å². The molecule has 1 aliphatic rings. The minimum Gasteiger partial charge on any atom is -0.448 e. The molecule has 0 aliphatic heterocycles. The lowest BCUT2D eigenvalue weighted by molar-refractivity contribution is 0.0760. The van der Waals surface area contributed by atoms with E-state index in [-0.39, 0.29) is 89.0 Å². The number of anilines is 4. The highest BCUT2D eigenvalue weighted by Gasteiger charge is 2.39. The average molecular weight is 1770 g/mol. The normalized spacial score (nSPS) is 13.1. The highest BCUT2D eigenvalue weighted by atomic mass is 35.5. The van der Waals surface area contributed by atoms with Crippen molar-refractivity contribution in [3.05, 3.63) is 179 Å². The Morgan fingerprint density at radius 2 is 0.669 bits per heavy atom. The third-order valence-electron chi connectivity index (χ3n) is 18.8. The van der Waals surface area contributed by atoms with Gasteiger partial charge in [0.05, 0.1) is 28.1 Å². The van der Waals surface area contributed by atoms with Gasteiger partial charge < -0.3 is 54.9 Å². The van der Waals surface area contributed by atoms with Crippen LogP contribution in [0.15, 0.2) is 124 Å². The minimum atomic E-state index is -4.33. The maximum atomic E-state index is 12.9. The molecule has 0 saturated heterocycles. The Bertz CT molecular complexity index is 4920. The van der Waals surface area contributed by atoms with Gasteiger partial charge in [-0.2, -0.15) is 25.3 Å². The topological polar surface area (TPSA) is 434 Å². The summed E-state index contributed by atoms with van der Waals surface area (Å²) in [6.45, 7) is 45.5. The van der Waals surface area contributed by atoms with Crippen molar-refractivity contribution < 1.29 is 86.5 Å². The van der Waals surface area contributed by atoms with Gasteiger partial charge in [0.1, 0.15) is 20.1 Å². The Morgan fingerprint density at radius 3 is 0.941 bits per heavy atom. The second-order valence-corrected chi connectivity index (χ2v) is 42.2. The first-order valence-corrected chi connectivity index (χ1v) is 46.0. The Morgan fingerprint density at radius 1 is 0.398 bits per heavy atom. The highest BCUT2D eigenvalue weighted by Crippen LogP contribution is 2.47. The molecule has 5 aromatic heterocycles. The van der Waals surface area contributed by atoms with Gasteiger partial charge in [-0.25, -0.2) is 46.5 Å². The quantitative estimate of drug-likeness (QED) is 0.0253. The molecule has 0 radical (unpaired) electrons. The molecule has 0 spiro atoms. The van der Waals surface area contributed by atoms with Gasteiger partial charge in [0.15, 0.2) is 0 Å². The van der Waals surface area contributed by atoms with E-state index in [0.29, 0.717) is 39.6 Å². The second-order valence-electron chi connectivity index (χ2n) is 33.5. The predicted molar refractivity (Wildman–Crippen MR) is 462 cm³/mol. The van der Waals surface area contributed by atoms with Crippen LogP contribution in [0.5, 0.6) is 0 Å². The standard InChI is InChI=1S/C23H32N2O5S.C20H27ClN2O5S.C20H27ClN2O4S2.C20H29N3O5S/c1-13(2)16-8-7-9-17(14(3)4)20(16)24-22(26)25-31(28,29)19-12-18(23(5,6)27)21(30-19)15-10-11-15;2*1-11(2)13-8-7-9-14(12(3)4)17(13)22-19(24)23-29(26,27)16-10-15(18(21)28-16)20(5,6)25;1-11(2)14-9-21-10-15(12(3)4)18(14)22-19(24)23-29(26,27)17-8-16(13(5)28-17)20(6,7)25/h7-9,12-15,27H,10-11H2,1-6H3,(H2,24,25,26);2*7-12,25H,1-6H3,(H2,22,23,24);8-12,25H,1-7H3,(H2,21,22,23,24). The zero-order valence-corrected chi connectivity index (χ0v) is 77.0. The number of carbonyl (C=O) groups is 4. The fourth-order valence-corrected chi connectivity index (χ4v) is 18.4. The number of hydrogen-bond donors (Lipinski definition) is 12. The van der Waals surface area contributed by atoms with Crippen molar-refractivity contribution in [3.8, 4) is 0 Å². The number of nitrogens with one attached hydrogen (secondary N) is 8. The predicted octanol–water partition coefficient (Wildman–Crippen LogP) is 19.4. The van der Waals surface area contributed by atoms with Gasteiger partial charge in [-0.15, -0.1) is 11.3 Å². The first kappa shape index (κ1) is 98.5. The van der Waals surface area contributed by atoms with Gasteiger partial charge in [-0.05, 0) is 185 Å². The number of aryl methyl sites for hydroxylation is 1. The number of thiophene rings is 1. The molecule has 0 atom stereocenters. The van der Waals surface area contributed by atoms with E-state index < -0.39 is 96.8 Å². The molecule has 8 aromatic rings. The summed E-state index contributed by atoms with van der Waals surface area (Å²) in [4.78, 5) is 54.5. The third kappa shape index (κ3) is 25.6. The number of urea groups is 4. The van der Waals surface area contributed by atoms with Crippen LogP contribution < -0.4 is 40.2 Å². The molecule has 1 aliphatic carbocycles. The molecule has 0 unspecified atom stereocenters. The first-order valence-electron chi connectivity index (χ1n) is 38.5. The summed E-state index contributed by atoms with van der Waals surface area (Å²) in [6.07, 6.45) is 5.08. The van der Waals surface area contributed by atoms with Crippen LogP contribution in [0.3, 0.4) is 0 Å². The number of benzene rings is 3. The molecule has 118 heavy (non-hydrogen) atoms. The molecular formula is C83H115Cl2N9O19S5. The van der Waals surface area contributed by atoms with Crippen molar-refractivity contribution in [2.45, 2.75) is 281 Å². The Balaban J connectivity index is 0.000000244. The fourth-order valence-electron chi connectivity index (χ4n) is 12.5. The summed E-state index contributed by atoms with van der Waals surface area (Å²) in [5.41, 5.74) is 5.40. The van der Waals surface area contributed by atoms with Crippen molar-refractivity contribution in [1.82, 2.24) is 23.9 Å². The molecule has 8 amide bonds. The van der Waals surface area contributed by atoms with Crippen LogP contribution in [0.4, 0.5) is 41.9 Å². The van der Waals surface area contributed by atoms with E-state index in [0.717, 1.165) is 74.8 Å². The number of nitrogens with zero attached hydrogens (tertiary/aromatic N) is 1. The van der Waals surface area contributed by atoms with Gasteiger partial charge in [0.25, 0.3) is 40.1 Å². The molecule has 28 nitrogen and oxygen atoms in total. The van der Waals surface area contributed by atoms with E-state index >= 15 is 0 Å². The number of carbonyl (C=O) groups excluding carboxylic acids is 4. The zero-order valence-electron chi connectivity index (χ0n) is 71.4. The van der Waals surface area contributed by atoms with Crippen LogP contribution in [0.1, 0.15) is 311 Å². The van der Waals surface area contributed by atoms with Gasteiger partial charge in [0.2, 0.25) is 20.5 Å². The third-order valence-corrected chi connectivity index (χ3v) is 25.8. The van der Waals surface area contributed by atoms with Crippen LogP contribution in [-0.2, 0) is 62.5 Å². The van der Waals surface area contributed by atoms with Crippen molar-refractivity contribution in [2.24, 2.45) is 0 Å². The molecule has 650 valence electrons. The van der Waals surface area contributed by atoms with Crippen LogP contribution in [-0.4, -0.2) is 83.2 Å². The molecule has 9 rings (SSSR count). The van der Waals surface area contributed by atoms with Gasteiger partial charge in [-0.1, -0.05) is 177 Å². The summed E-state index contributed by atoms with van der Waals surface area (Å²) in [6, 6.07) is 18.6. The van der Waals surface area contributed by atoms with Crippen LogP contribution >= 0.6 is 34.5 Å². The molecule has 0 bridgehead atoms. The second kappa shape index (κ2) is 38.6. The highest BCUT2D eigenvalue weighted by molar-refractivity contribution is 7.92. The van der Waals surface area contributed by atoms with E-state index in [1.807, 2.05) is 180 Å². The monoisotopic (exact) mass is 1770 g/mol. The van der Waals surface area contributed by atoms with E-state index in [4.69, 9.17) is 36.5 Å². The first-order chi connectivity index (χ1) is 54.0. The number of furan rings is 3. The van der Waals surface area contributed by atoms with Gasteiger partial charge in [0, 0.05) is 75.8 Å². The number of rotatable bonds is 25. The molecule has 35 heteroatoms. The molecule has 5 heterocycles. The molecule has 1 fully saturated rings. The average Bonchev–Trinajstić information content (AvgIpc) is 1.61. The molecular weight excluding hydrogens is 1660 g/mol. The molecule has 3 aromatic carbocycles. The zero-order chi connectivity index (χ0) is 89.6. The van der Waals surface area contributed by atoms with E-state index in [1.54, 1.807) is 33.2 Å². The maximum Gasteiger partial charge on any atom is 0.333 e. The Labute approximate surface area is 708 Å². The number of sulfonamides is 4. The van der Waals surface area contributed by atoms with Crippen molar-refractivity contribution in [2.75, 3.05) is 21.3 Å². The summed E-state index contributed by atoms with van der Waals surface area (Å²) in [5.74, 6) is 1.82. The largest absolute Gasteiger partial charge is 0.448 e. The number of amides is 8. The van der Waals surface area contributed by atoms with E-state index in [9.17, 15) is 73.3 Å². The minimum absolute atomic E-state index is 0.0789. The summed E-state index contributed by atoms with van der Waals surface area (Å²) >= 11 is 12.8. The number of para-hydroxylation sites is 3. The van der Waals surface area contributed by atoms with Crippen molar-refractivity contribution in [3.63, 3.8) is 0 Å². The smallest absolute Gasteiger partial charge is 0.333 e. The number of aromatic nitrogens is 1. The van der Waals surface area contributed by atoms with Crippen LogP contribution in [0.2, 0.25) is 9.56 Å². The molecule has 12 N–H and O–H groups in total. The number of halogens is 2. The maximum absolute atomic E-state index is 12.9. The Kier molecular flexibility index (Phi) is 32.2. The van der Waals surface area contributed by atoms with E-state index in [2.05, 4.69) is 31.0 Å².